The number of aliphatic carboxylic acids is 1. The highest BCUT2D eigenvalue weighted by Gasteiger charge is 2.48. The Morgan fingerprint density at radius 2 is 1.18 bits per heavy atom. The van der Waals surface area contributed by atoms with E-state index in [9.17, 15) is 70.2 Å². The van der Waals surface area contributed by atoms with Crippen molar-refractivity contribution in [1.82, 2.24) is 42.5 Å². The molecule has 0 unspecified atom stereocenters. The quantitative estimate of drug-likeness (QED) is 0.0444. The molecular formula is C77H80Cl2N8O23. The number of aliphatic hydroxyl groups is 4. The van der Waals surface area contributed by atoms with Gasteiger partial charge in [-0.1, -0.05) is 112 Å². The van der Waals surface area contributed by atoms with E-state index >= 15 is 19.2 Å². The van der Waals surface area contributed by atoms with E-state index in [0.29, 0.717) is 18.4 Å². The van der Waals surface area contributed by atoms with E-state index in [1.165, 1.54) is 61.6 Å². The Hall–Kier alpha value is -11.2. The third-order valence-electron chi connectivity index (χ3n) is 19.7. The Morgan fingerprint density at radius 3 is 1.87 bits per heavy atom. The van der Waals surface area contributed by atoms with Gasteiger partial charge in [0.05, 0.1) is 16.7 Å². The molecule has 7 aliphatic rings. The first-order chi connectivity index (χ1) is 52.7. The van der Waals surface area contributed by atoms with Crippen LogP contribution in [0.15, 0.2) is 115 Å². The summed E-state index contributed by atoms with van der Waals surface area (Å²) in [7, 11) is 1.45. The molecule has 0 spiro atoms. The first-order valence-electron chi connectivity index (χ1n) is 35.5. The van der Waals surface area contributed by atoms with Crippen LogP contribution in [0.2, 0.25) is 10.0 Å². The lowest BCUT2D eigenvalue weighted by molar-refractivity contribution is -0.244. The Morgan fingerprint density at radius 1 is 0.555 bits per heavy atom. The van der Waals surface area contributed by atoms with Gasteiger partial charge in [0.15, 0.2) is 29.0 Å². The van der Waals surface area contributed by atoms with Gasteiger partial charge in [0.2, 0.25) is 53.4 Å². The van der Waals surface area contributed by atoms with Crippen LogP contribution in [-0.4, -0.2) is 155 Å². The zero-order chi connectivity index (χ0) is 78.5. The number of aliphatic hydroxyl groups excluding tert-OH is 4. The lowest BCUT2D eigenvalue weighted by Crippen LogP contribution is -2.65. The average Bonchev–Trinajstić information content (AvgIpc) is 0.773. The highest BCUT2D eigenvalue weighted by atomic mass is 35.5. The van der Waals surface area contributed by atoms with Crippen molar-refractivity contribution in [3.8, 4) is 80.1 Å². The topological polar surface area (TPSA) is 481 Å². The number of amides is 7. The summed E-state index contributed by atoms with van der Waals surface area (Å²) in [5.41, 5.74) is -2.43. The molecule has 110 heavy (non-hydrogen) atoms. The number of carboxylic acid groups (broad SMARTS) is 1. The number of nitrogens with one attached hydrogen (secondary N) is 8. The van der Waals surface area contributed by atoms with Gasteiger partial charge >= 0.3 is 5.97 Å². The average molecular weight is 1560 g/mol. The highest BCUT2D eigenvalue weighted by Crippen LogP contribution is 2.50. The second kappa shape index (κ2) is 33.8. The number of ether oxygens (including phenoxy) is 5. The molecule has 7 aliphatic heterocycles. The predicted octanol–water partition coefficient (Wildman–Crippen LogP) is 6.76. The molecule has 1 fully saturated rings. The predicted molar refractivity (Wildman–Crippen MR) is 390 cm³/mol. The molecule has 31 nitrogen and oxygen atoms in total. The van der Waals surface area contributed by atoms with E-state index < -0.39 is 217 Å². The van der Waals surface area contributed by atoms with Crippen LogP contribution in [0.25, 0.3) is 11.1 Å². The van der Waals surface area contributed by atoms with Gasteiger partial charge in [-0.15, -0.1) is 0 Å². The second-order valence-corrected chi connectivity index (χ2v) is 28.1. The first kappa shape index (κ1) is 78.4. The number of carbonyl (C=O) groups is 8. The summed E-state index contributed by atoms with van der Waals surface area (Å²) in [6.07, 6.45) is -1.57. The van der Waals surface area contributed by atoms with E-state index in [1.807, 2.05) is 0 Å². The van der Waals surface area contributed by atoms with Crippen LogP contribution in [0.5, 0.6) is 69.0 Å². The van der Waals surface area contributed by atoms with Gasteiger partial charge in [-0.25, -0.2) is 4.79 Å². The normalized spacial score (nSPS) is 23.9. The van der Waals surface area contributed by atoms with Crippen LogP contribution < -0.4 is 61.5 Å². The molecule has 7 aromatic rings. The number of hydrogen-bond acceptors (Lipinski definition) is 23. The van der Waals surface area contributed by atoms with E-state index in [1.54, 1.807) is 0 Å². The molecule has 13 atom stereocenters. The molecular weight excluding hydrogens is 1480 g/mol. The minimum absolute atomic E-state index is 0.0515. The molecule has 1 saturated heterocycles. The van der Waals surface area contributed by atoms with Crippen molar-refractivity contribution in [3.05, 3.63) is 164 Å². The first-order valence-corrected chi connectivity index (χ1v) is 36.3. The number of halogens is 2. The number of aromatic hydroxyl groups is 5. The fraction of sp³-hybridized carbons (Fsp3) is 0.351. The number of carbonyl (C=O) groups excluding carboxylic acids is 7. The number of fused-ring (bicyclic) bond motifs is 14. The monoisotopic (exact) mass is 1550 g/mol. The molecule has 0 aliphatic carbocycles. The number of rotatable bonds is 16. The van der Waals surface area contributed by atoms with Crippen LogP contribution in [0, 0.1) is 0 Å². The number of phenolic OH excluding ortho intramolecular Hbond substituents is 5. The number of phenols is 5. The molecule has 7 aromatic carbocycles. The molecule has 0 radical (unpaired) electrons. The van der Waals surface area contributed by atoms with E-state index in [2.05, 4.69) is 49.5 Å². The lowest BCUT2D eigenvalue weighted by atomic mass is 9.89. The van der Waals surface area contributed by atoms with Gasteiger partial charge in [-0.3, -0.25) is 33.6 Å². The third kappa shape index (κ3) is 17.0. The van der Waals surface area contributed by atoms with Gasteiger partial charge < -0.3 is 117 Å². The second-order valence-electron chi connectivity index (χ2n) is 27.3. The molecule has 7 amide bonds. The summed E-state index contributed by atoms with van der Waals surface area (Å²) in [5, 5.41) is 134. The largest absolute Gasteiger partial charge is 0.508 e. The van der Waals surface area contributed by atoms with E-state index in [4.69, 9.17) is 46.9 Å². The lowest BCUT2D eigenvalue weighted by Gasteiger charge is -2.42. The Kier molecular flexibility index (Phi) is 24.1. The number of carboxylic acids is 1. The highest BCUT2D eigenvalue weighted by molar-refractivity contribution is 6.33. The molecule has 17 bridgehead atoms. The van der Waals surface area contributed by atoms with Crippen molar-refractivity contribution >= 4 is 70.5 Å². The molecule has 7 heterocycles. The Bertz CT molecular complexity index is 4720. The summed E-state index contributed by atoms with van der Waals surface area (Å²) in [4.78, 5) is 121. The van der Waals surface area contributed by atoms with Crippen LogP contribution in [0.1, 0.15) is 146 Å². The van der Waals surface area contributed by atoms with Crippen LogP contribution >= 0.6 is 23.2 Å². The fourth-order valence-corrected chi connectivity index (χ4v) is 14.3. The SMILES string of the molecule is CCCCCCCCCCCC(=O)N[C@H]1[C@H](Oc2c3cc4cc2Oc2ccc(cc2Cl)[C@@H](O)[C@@H]2NC(=O)[C@H](NC(=O)[C@@H]4NC(=O)[C@H]4NC(=O)[C@@H](Cc5ccc(cc5)O3)NC(=O)[C@@H](NC)c3ccc(O)c(c3)Oc3cc(O)c(Cl)c4c3)c3ccc(O)c(c3)-c3c(O)cc(O)cc3[C@H](C(=O)O)NC2=O)O[C@H](CO)[C@@H](O)[C@@H]1O. The fourth-order valence-electron chi connectivity index (χ4n) is 13.9. The van der Waals surface area contributed by atoms with Gasteiger partial charge in [0.25, 0.3) is 0 Å². The molecule has 580 valence electrons. The zero-order valence-electron chi connectivity index (χ0n) is 59.0. The molecule has 0 aromatic heterocycles. The van der Waals surface area contributed by atoms with Crippen molar-refractivity contribution < 1.29 is 113 Å². The van der Waals surface area contributed by atoms with Crippen LogP contribution in [-0.2, 0) is 49.5 Å². The van der Waals surface area contributed by atoms with Crippen molar-refractivity contribution in [3.63, 3.8) is 0 Å². The van der Waals surface area contributed by atoms with Crippen LogP contribution in [0.3, 0.4) is 0 Å². The van der Waals surface area contributed by atoms with Crippen LogP contribution in [0.4, 0.5) is 0 Å². The summed E-state index contributed by atoms with van der Waals surface area (Å²) in [6, 6.07) is 6.57. The van der Waals surface area contributed by atoms with Gasteiger partial charge in [0.1, 0.15) is 107 Å². The van der Waals surface area contributed by atoms with E-state index in [-0.39, 0.29) is 52.5 Å². The summed E-state index contributed by atoms with van der Waals surface area (Å²) < 4.78 is 32.6. The van der Waals surface area contributed by atoms with Gasteiger partial charge in [-0.05, 0) is 114 Å². The zero-order valence-corrected chi connectivity index (χ0v) is 60.5. The maximum atomic E-state index is 16.4. The smallest absolute Gasteiger partial charge is 0.330 e. The number of benzene rings is 7. The minimum Gasteiger partial charge on any atom is -0.508 e. The molecule has 0 saturated carbocycles. The maximum absolute atomic E-state index is 16.4. The third-order valence-corrected chi connectivity index (χ3v) is 20.4. The number of hydrogen-bond donors (Lipinski definition) is 18. The van der Waals surface area contributed by atoms with Crippen molar-refractivity contribution in [2.45, 2.75) is 157 Å². The summed E-state index contributed by atoms with van der Waals surface area (Å²) in [6.45, 7) is 1.21. The molecule has 14 rings (SSSR count). The molecule has 18 N–H and O–H groups in total. The summed E-state index contributed by atoms with van der Waals surface area (Å²) >= 11 is 14.1. The summed E-state index contributed by atoms with van der Waals surface area (Å²) in [5.74, 6) is -16.0. The maximum Gasteiger partial charge on any atom is 0.330 e. The Labute approximate surface area is 637 Å². The molecule has 33 heteroatoms. The standard InChI is InChI=1S/C77H80Cl2N8O23/c1-3-4-5-6-7-8-9-10-11-12-56(94)82-65-68(97)67(96)55(33-88)109-77(65)110-69-53-27-38-28-54(69)108-51-22-17-37(25-45(51)78)66(95)64-75(103)86-63(76(104)105)43-29-39(89)30-49(92)57(43)42-24-35(15-20-47(42)90)60(72(100)87-64)83-73(101)61(38)84-74(102)62-44-31-41(32-50(93)58(44)79)107-52-26-36(16-21-48(52)91)59(80-2)71(99)81-46(70(98)85-62)23-34-13-18-40(106-53)19-14-34/h13-22,24-32,46,55,59-68,77,80,88-93,95-97H,3-12,23,33H2,1-2H3,(H,81,99)(H,82,94)(H,83,101)(H,84,102)(H,85,98)(H,86,103)(H,87,100)(H,104,105)/t46-,55-,59+,60-,61-,62+,63-,64+,65-,66-,67-,68-,77+/m1/s1. The van der Waals surface area contributed by atoms with Crippen molar-refractivity contribution in [2.24, 2.45) is 0 Å². The van der Waals surface area contributed by atoms with Crippen molar-refractivity contribution in [2.75, 3.05) is 13.7 Å². The Balaban J connectivity index is 1.08. The van der Waals surface area contributed by atoms with Gasteiger partial charge in [-0.2, -0.15) is 0 Å². The van der Waals surface area contributed by atoms with Gasteiger partial charge in [0, 0.05) is 47.2 Å². The number of likely N-dealkylation sites (N-methyl/N-ethyl adjacent to an activating group) is 1. The van der Waals surface area contributed by atoms with E-state index in [0.717, 1.165) is 106 Å². The number of unbranched alkanes of at least 4 members (excludes halogenated alkanes) is 8. The van der Waals surface area contributed by atoms with Crippen molar-refractivity contribution in [1.29, 1.82) is 0 Å². The minimum atomic E-state index is -2.33.